The largest absolute Gasteiger partial charge is 0.326 e. The molecule has 2 N–H and O–H groups in total. The Bertz CT molecular complexity index is 551. The molecule has 18 heavy (non-hydrogen) atoms. The minimum atomic E-state index is -0.234. The van der Waals surface area contributed by atoms with Crippen LogP contribution in [0.5, 0.6) is 0 Å². The number of rotatable bonds is 4. The molecule has 0 aliphatic rings. The normalized spacial score (nSPS) is 10.9. The minimum absolute atomic E-state index is 0.231. The zero-order valence-electron chi connectivity index (χ0n) is 10.5. The first kappa shape index (κ1) is 13.1. The van der Waals surface area contributed by atoms with E-state index >= 15 is 0 Å². The van der Waals surface area contributed by atoms with Gasteiger partial charge in [-0.05, 0) is 24.6 Å². The summed E-state index contributed by atoms with van der Waals surface area (Å²) in [4.78, 5) is 0. The van der Waals surface area contributed by atoms with Gasteiger partial charge in [0.2, 0.25) is 0 Å². The Morgan fingerprint density at radius 3 is 2.78 bits per heavy atom. The highest BCUT2D eigenvalue weighted by Crippen LogP contribution is 2.23. The van der Waals surface area contributed by atoms with Crippen LogP contribution in [-0.4, -0.2) is 9.78 Å². The topological polar surface area (TPSA) is 43.8 Å². The molecule has 0 atom stereocenters. The van der Waals surface area contributed by atoms with Crippen molar-refractivity contribution in [3.63, 3.8) is 0 Å². The van der Waals surface area contributed by atoms with Crippen LogP contribution in [0.2, 0.25) is 0 Å². The molecule has 0 saturated heterocycles. The van der Waals surface area contributed by atoms with Crippen molar-refractivity contribution in [2.45, 2.75) is 24.2 Å². The monoisotopic (exact) mass is 265 g/mol. The second-order valence-corrected chi connectivity index (χ2v) is 5.16. The molecule has 1 heterocycles. The lowest BCUT2D eigenvalue weighted by Gasteiger charge is -2.05. The van der Waals surface area contributed by atoms with Crippen molar-refractivity contribution in [2.24, 2.45) is 12.8 Å². The average molecular weight is 265 g/mol. The van der Waals surface area contributed by atoms with Gasteiger partial charge in [-0.15, -0.1) is 11.8 Å². The second kappa shape index (κ2) is 5.54. The van der Waals surface area contributed by atoms with E-state index in [4.69, 9.17) is 5.73 Å². The Morgan fingerprint density at radius 1 is 1.39 bits per heavy atom. The maximum absolute atomic E-state index is 13.3. The van der Waals surface area contributed by atoms with Crippen LogP contribution in [0.4, 0.5) is 4.39 Å². The van der Waals surface area contributed by atoms with E-state index in [1.165, 1.54) is 6.07 Å². The van der Waals surface area contributed by atoms with E-state index in [9.17, 15) is 4.39 Å². The van der Waals surface area contributed by atoms with Crippen LogP contribution in [0.15, 0.2) is 29.3 Å². The van der Waals surface area contributed by atoms with Gasteiger partial charge in [-0.1, -0.05) is 12.1 Å². The van der Waals surface area contributed by atoms with Crippen LogP contribution in [0.25, 0.3) is 0 Å². The number of benzene rings is 1. The molecule has 96 valence electrons. The SMILES string of the molecule is Cc1cc(SCc2ccc(F)c(CN)c2)n(C)n1. The number of aryl methyl sites for hydroxylation is 2. The van der Waals surface area contributed by atoms with Crippen molar-refractivity contribution in [2.75, 3.05) is 0 Å². The molecule has 0 aliphatic carbocycles. The Labute approximate surface area is 110 Å². The number of hydrogen-bond donors (Lipinski definition) is 1. The number of aromatic nitrogens is 2. The number of halogens is 1. The van der Waals surface area contributed by atoms with Gasteiger partial charge < -0.3 is 5.73 Å². The van der Waals surface area contributed by atoms with E-state index in [1.807, 2.05) is 30.8 Å². The number of nitrogens with two attached hydrogens (primary N) is 1. The number of nitrogens with zero attached hydrogens (tertiary/aromatic N) is 2. The Balaban J connectivity index is 2.08. The van der Waals surface area contributed by atoms with Crippen LogP contribution >= 0.6 is 11.8 Å². The molecule has 1 aromatic carbocycles. The molecule has 3 nitrogen and oxygen atoms in total. The maximum Gasteiger partial charge on any atom is 0.127 e. The molecule has 0 spiro atoms. The predicted octanol–water partition coefficient (Wildman–Crippen LogP) is 2.62. The summed E-state index contributed by atoms with van der Waals surface area (Å²) >= 11 is 1.68. The van der Waals surface area contributed by atoms with Crippen molar-refractivity contribution >= 4 is 11.8 Å². The molecule has 0 fully saturated rings. The third kappa shape index (κ3) is 2.91. The lowest BCUT2D eigenvalue weighted by Crippen LogP contribution is -2.00. The van der Waals surface area contributed by atoms with Crippen molar-refractivity contribution in [3.05, 3.63) is 46.9 Å². The van der Waals surface area contributed by atoms with E-state index in [2.05, 4.69) is 5.10 Å². The summed E-state index contributed by atoms with van der Waals surface area (Å²) in [6.45, 7) is 2.20. The molecule has 0 saturated carbocycles. The van der Waals surface area contributed by atoms with E-state index in [1.54, 1.807) is 17.8 Å². The smallest absolute Gasteiger partial charge is 0.127 e. The summed E-state index contributed by atoms with van der Waals surface area (Å²) in [5.74, 6) is 0.550. The van der Waals surface area contributed by atoms with Gasteiger partial charge in [-0.2, -0.15) is 5.10 Å². The van der Waals surface area contributed by atoms with E-state index in [-0.39, 0.29) is 12.4 Å². The first-order valence-corrected chi connectivity index (χ1v) is 6.69. The van der Waals surface area contributed by atoms with Crippen molar-refractivity contribution in [1.82, 2.24) is 9.78 Å². The van der Waals surface area contributed by atoms with Gasteiger partial charge >= 0.3 is 0 Å². The first-order chi connectivity index (χ1) is 8.60. The molecule has 1 aromatic heterocycles. The summed E-state index contributed by atoms with van der Waals surface area (Å²) in [6, 6.07) is 7.14. The lowest BCUT2D eigenvalue weighted by atomic mass is 10.1. The van der Waals surface area contributed by atoms with Gasteiger partial charge in [0.25, 0.3) is 0 Å². The summed E-state index contributed by atoms with van der Waals surface area (Å²) in [5, 5.41) is 5.39. The molecule has 5 heteroatoms. The molecular formula is C13H16FN3S. The van der Waals surface area contributed by atoms with Gasteiger partial charge in [-0.3, -0.25) is 4.68 Å². The van der Waals surface area contributed by atoms with Crippen LogP contribution in [0, 0.1) is 12.7 Å². The summed E-state index contributed by atoms with van der Waals surface area (Å²) in [6.07, 6.45) is 0. The minimum Gasteiger partial charge on any atom is -0.326 e. The Kier molecular flexibility index (Phi) is 4.04. The van der Waals surface area contributed by atoms with Gasteiger partial charge in [0.1, 0.15) is 5.82 Å². The molecule has 2 rings (SSSR count). The van der Waals surface area contributed by atoms with Crippen molar-refractivity contribution in [3.8, 4) is 0 Å². The highest BCUT2D eigenvalue weighted by Gasteiger charge is 2.05. The molecule has 0 radical (unpaired) electrons. The number of hydrogen-bond acceptors (Lipinski definition) is 3. The highest BCUT2D eigenvalue weighted by atomic mass is 32.2. The van der Waals surface area contributed by atoms with Crippen LogP contribution in [0.3, 0.4) is 0 Å². The first-order valence-electron chi connectivity index (χ1n) is 5.71. The fourth-order valence-electron chi connectivity index (χ4n) is 1.75. The quantitative estimate of drug-likeness (QED) is 0.864. The second-order valence-electron chi connectivity index (χ2n) is 4.17. The molecule has 0 aliphatic heterocycles. The predicted molar refractivity (Wildman–Crippen MR) is 71.8 cm³/mol. The van der Waals surface area contributed by atoms with Crippen LogP contribution in [-0.2, 0) is 19.3 Å². The van der Waals surface area contributed by atoms with Gasteiger partial charge in [-0.25, -0.2) is 4.39 Å². The molecular weight excluding hydrogens is 249 g/mol. The Morgan fingerprint density at radius 2 is 2.17 bits per heavy atom. The molecule has 0 amide bonds. The summed E-state index contributed by atoms with van der Waals surface area (Å²) < 4.78 is 15.2. The van der Waals surface area contributed by atoms with E-state index in [0.717, 1.165) is 22.0 Å². The summed E-state index contributed by atoms with van der Waals surface area (Å²) in [5.41, 5.74) is 8.13. The highest BCUT2D eigenvalue weighted by molar-refractivity contribution is 7.98. The summed E-state index contributed by atoms with van der Waals surface area (Å²) in [7, 11) is 1.92. The van der Waals surface area contributed by atoms with Gasteiger partial charge in [0.15, 0.2) is 0 Å². The third-order valence-electron chi connectivity index (χ3n) is 2.68. The van der Waals surface area contributed by atoms with Gasteiger partial charge in [0, 0.05) is 24.9 Å². The molecule has 0 unspecified atom stereocenters. The molecule has 2 aromatic rings. The zero-order valence-corrected chi connectivity index (χ0v) is 11.3. The third-order valence-corrected chi connectivity index (χ3v) is 3.83. The Hall–Kier alpha value is -1.33. The number of thioether (sulfide) groups is 1. The van der Waals surface area contributed by atoms with Crippen LogP contribution in [0.1, 0.15) is 16.8 Å². The van der Waals surface area contributed by atoms with Crippen LogP contribution < -0.4 is 5.73 Å². The van der Waals surface area contributed by atoms with E-state index < -0.39 is 0 Å². The zero-order chi connectivity index (χ0) is 13.1. The fraction of sp³-hybridized carbons (Fsp3) is 0.308. The lowest BCUT2D eigenvalue weighted by molar-refractivity contribution is 0.610. The average Bonchev–Trinajstić information content (AvgIpc) is 2.67. The fourth-order valence-corrected chi connectivity index (χ4v) is 2.73. The molecule has 0 bridgehead atoms. The van der Waals surface area contributed by atoms with E-state index in [0.29, 0.717) is 5.56 Å². The van der Waals surface area contributed by atoms with Crippen molar-refractivity contribution in [1.29, 1.82) is 0 Å². The standard InChI is InChI=1S/C13H16FN3S/c1-9-5-13(17(2)16-9)18-8-10-3-4-12(14)11(6-10)7-15/h3-6H,7-8,15H2,1-2H3. The maximum atomic E-state index is 13.3. The van der Waals surface area contributed by atoms with Gasteiger partial charge in [0.05, 0.1) is 10.7 Å². The van der Waals surface area contributed by atoms with Crippen molar-refractivity contribution < 1.29 is 4.39 Å².